The molecular formula is C9H10O5. The molecule has 0 aliphatic rings. The van der Waals surface area contributed by atoms with Gasteiger partial charge in [-0.3, -0.25) is 0 Å². The first kappa shape index (κ1) is 14.7. The van der Waals surface area contributed by atoms with E-state index in [1.807, 2.05) is 0 Å². The molecule has 0 saturated carbocycles. The van der Waals surface area contributed by atoms with Crippen LogP contribution in [-0.2, 0) is 23.7 Å². The monoisotopic (exact) mass is 198 g/mol. The van der Waals surface area contributed by atoms with E-state index in [-0.39, 0.29) is 13.2 Å². The summed E-state index contributed by atoms with van der Waals surface area (Å²) in [5.74, 6) is -1.07. The Labute approximate surface area is 81.7 Å². The van der Waals surface area contributed by atoms with E-state index in [4.69, 9.17) is 4.65 Å². The topological polar surface area (TPSA) is 72.5 Å². The van der Waals surface area contributed by atoms with Gasteiger partial charge in [0.1, 0.15) is 13.2 Å². The fourth-order valence-corrected chi connectivity index (χ4v) is 0.402. The molecular weight excluding hydrogens is 188 g/mol. The van der Waals surface area contributed by atoms with Crippen LogP contribution < -0.4 is 0 Å². The van der Waals surface area contributed by atoms with Crippen LogP contribution in [0, 0.1) is 6.65 Å². The van der Waals surface area contributed by atoms with E-state index in [2.05, 4.69) is 29.3 Å². The van der Waals surface area contributed by atoms with E-state index < -0.39 is 11.9 Å². The van der Waals surface area contributed by atoms with Crippen molar-refractivity contribution >= 4 is 11.9 Å². The Morgan fingerprint density at radius 2 is 1.36 bits per heavy atom. The van der Waals surface area contributed by atoms with Crippen molar-refractivity contribution in [1.29, 1.82) is 0 Å². The Morgan fingerprint density at radius 1 is 1.07 bits per heavy atom. The molecule has 0 rings (SSSR count). The molecule has 0 aromatic heterocycles. The van der Waals surface area contributed by atoms with Gasteiger partial charge in [-0.2, -0.15) is 0 Å². The van der Waals surface area contributed by atoms with Crippen molar-refractivity contribution < 1.29 is 23.7 Å². The molecule has 0 aliphatic heterocycles. The molecule has 0 spiro atoms. The van der Waals surface area contributed by atoms with Crippen LogP contribution in [0.1, 0.15) is 0 Å². The molecule has 0 aliphatic carbocycles. The molecule has 0 radical (unpaired) electrons. The Bertz CT molecular complexity index is 207. The molecule has 5 nitrogen and oxygen atoms in total. The number of hydrogen-bond donors (Lipinski definition) is 0. The second-order valence-corrected chi connectivity index (χ2v) is 1.74. The summed E-state index contributed by atoms with van der Waals surface area (Å²) in [5.41, 5.74) is 0. The molecule has 0 amide bonds. The van der Waals surface area contributed by atoms with Crippen molar-refractivity contribution in [2.45, 2.75) is 0 Å². The third-order valence-electron chi connectivity index (χ3n) is 0.905. The van der Waals surface area contributed by atoms with Crippen molar-refractivity contribution in [1.82, 2.24) is 0 Å². The molecule has 76 valence electrons. The third-order valence-corrected chi connectivity index (χ3v) is 0.905. The number of carbonyl (C=O) groups is 2. The summed E-state index contributed by atoms with van der Waals surface area (Å²) >= 11 is 0. The van der Waals surface area contributed by atoms with Gasteiger partial charge in [0.25, 0.3) is 0 Å². The van der Waals surface area contributed by atoms with Crippen molar-refractivity contribution in [3.8, 4) is 0 Å². The molecule has 0 heterocycles. The third kappa shape index (κ3) is 10.2. The first-order valence-corrected chi connectivity index (χ1v) is 3.49. The minimum absolute atomic E-state index is 0.0322. The first-order chi connectivity index (χ1) is 6.70. The summed E-state index contributed by atoms with van der Waals surface area (Å²) in [7, 11) is 0. The molecule has 0 unspecified atom stereocenters. The number of ether oxygens (including phenoxy) is 2. The number of carbonyl (C=O) groups excluding carboxylic acids is 2. The van der Waals surface area contributed by atoms with Crippen LogP contribution in [0.5, 0.6) is 0 Å². The van der Waals surface area contributed by atoms with Crippen molar-refractivity contribution in [3.05, 3.63) is 32.0 Å². The first-order valence-electron chi connectivity index (χ1n) is 3.49. The standard InChI is InChI=1S/C8H10O4.CO/c1-3-7(9)11-5-6-12-8(10)4-2;1-2/h3-4H,1-2,5-6H2;. The molecule has 0 aromatic rings. The van der Waals surface area contributed by atoms with Gasteiger partial charge < -0.3 is 9.47 Å². The van der Waals surface area contributed by atoms with Gasteiger partial charge in [-0.05, 0) is 0 Å². The average molecular weight is 198 g/mol. The normalized spacial score (nSPS) is 7.29. The Balaban J connectivity index is 0. The minimum atomic E-state index is -0.537. The van der Waals surface area contributed by atoms with Crippen LogP contribution >= 0.6 is 0 Å². The zero-order valence-electron chi connectivity index (χ0n) is 7.52. The molecule has 0 fully saturated rings. The predicted octanol–water partition coefficient (Wildman–Crippen LogP) is 0.407. The van der Waals surface area contributed by atoms with E-state index in [0.717, 1.165) is 12.2 Å². The van der Waals surface area contributed by atoms with Crippen molar-refractivity contribution in [2.75, 3.05) is 13.2 Å². The second kappa shape index (κ2) is 11.2. The summed E-state index contributed by atoms with van der Waals surface area (Å²) in [6.45, 7) is 10.9. The van der Waals surface area contributed by atoms with Gasteiger partial charge >= 0.3 is 23.2 Å². The van der Waals surface area contributed by atoms with Gasteiger partial charge in [-0.15, -0.1) is 0 Å². The summed E-state index contributed by atoms with van der Waals surface area (Å²) in [4.78, 5) is 20.9. The maximum absolute atomic E-state index is 10.4. The molecule has 0 atom stereocenters. The molecule has 14 heavy (non-hydrogen) atoms. The zero-order chi connectivity index (χ0) is 11.4. The summed E-state index contributed by atoms with van der Waals surface area (Å²) < 4.78 is 16.5. The van der Waals surface area contributed by atoms with Crippen LogP contribution in [0.15, 0.2) is 25.3 Å². The number of esters is 2. The van der Waals surface area contributed by atoms with E-state index in [9.17, 15) is 9.59 Å². The summed E-state index contributed by atoms with van der Waals surface area (Å²) in [6, 6.07) is 0. The SMILES string of the molecule is C=CC(=O)OCCOC(=O)C=C.[C-]#[O+]. The average Bonchev–Trinajstić information content (AvgIpc) is 2.26. The summed E-state index contributed by atoms with van der Waals surface area (Å²) in [5, 5.41) is 0. The van der Waals surface area contributed by atoms with E-state index in [0.29, 0.717) is 0 Å². The maximum atomic E-state index is 10.4. The Hall–Kier alpha value is -1.84. The molecule has 5 heteroatoms. The van der Waals surface area contributed by atoms with Gasteiger partial charge in [0.05, 0.1) is 0 Å². The molecule has 0 saturated heterocycles. The summed E-state index contributed by atoms with van der Waals surface area (Å²) in [6.07, 6.45) is 2.07. The van der Waals surface area contributed by atoms with E-state index in [1.54, 1.807) is 0 Å². The van der Waals surface area contributed by atoms with E-state index in [1.165, 1.54) is 0 Å². The fourth-order valence-electron chi connectivity index (χ4n) is 0.402. The zero-order valence-corrected chi connectivity index (χ0v) is 7.52. The van der Waals surface area contributed by atoms with Crippen LogP contribution in [-0.4, -0.2) is 25.2 Å². The fraction of sp³-hybridized carbons (Fsp3) is 0.222. The predicted molar refractivity (Wildman–Crippen MR) is 46.2 cm³/mol. The van der Waals surface area contributed by atoms with Gasteiger partial charge in [0, 0.05) is 12.2 Å². The van der Waals surface area contributed by atoms with Crippen LogP contribution in [0.4, 0.5) is 0 Å². The van der Waals surface area contributed by atoms with E-state index >= 15 is 0 Å². The number of hydrogen-bond acceptors (Lipinski definition) is 4. The van der Waals surface area contributed by atoms with Crippen LogP contribution in [0.2, 0.25) is 0 Å². The van der Waals surface area contributed by atoms with Gasteiger partial charge in [-0.1, -0.05) is 13.2 Å². The number of rotatable bonds is 5. The molecule has 0 bridgehead atoms. The van der Waals surface area contributed by atoms with Crippen LogP contribution in [0.3, 0.4) is 0 Å². The van der Waals surface area contributed by atoms with Gasteiger partial charge in [0.2, 0.25) is 0 Å². The molecule has 0 aromatic carbocycles. The Morgan fingerprint density at radius 3 is 1.57 bits per heavy atom. The van der Waals surface area contributed by atoms with Gasteiger partial charge in [-0.25, -0.2) is 9.59 Å². The second-order valence-electron chi connectivity index (χ2n) is 1.74. The molecule has 0 N–H and O–H groups in total. The van der Waals surface area contributed by atoms with Gasteiger partial charge in [0.15, 0.2) is 0 Å². The Kier molecular flexibility index (Phi) is 11.7. The van der Waals surface area contributed by atoms with Crippen LogP contribution in [0.25, 0.3) is 0 Å². The van der Waals surface area contributed by atoms with Crippen molar-refractivity contribution in [3.63, 3.8) is 0 Å². The quantitative estimate of drug-likeness (QED) is 0.211. The van der Waals surface area contributed by atoms with Crippen molar-refractivity contribution in [2.24, 2.45) is 0 Å².